The molecular weight excluding hydrogens is 228 g/mol. The molecule has 0 bridgehead atoms. The largest absolute Gasteiger partial charge is 0.426 e. The number of carbonyl (C=O) groups is 2. The van der Waals surface area contributed by atoms with Gasteiger partial charge in [0.15, 0.2) is 0 Å². The minimum Gasteiger partial charge on any atom is -0.426 e. The molecule has 0 N–H and O–H groups in total. The van der Waals surface area contributed by atoms with E-state index in [4.69, 9.17) is 4.74 Å². The molecule has 0 atom stereocenters. The fourth-order valence-corrected chi connectivity index (χ4v) is 1.88. The first-order valence-corrected chi connectivity index (χ1v) is 6.28. The summed E-state index contributed by atoms with van der Waals surface area (Å²) in [5.74, 6) is 0.534. The van der Waals surface area contributed by atoms with Gasteiger partial charge in [0, 0.05) is 12.8 Å². The molecule has 1 aromatic carbocycles. The first kappa shape index (κ1) is 12.8. The molecule has 0 saturated carbocycles. The van der Waals surface area contributed by atoms with Crippen LogP contribution in [0.3, 0.4) is 0 Å². The molecule has 1 aromatic rings. The lowest BCUT2D eigenvalue weighted by Crippen LogP contribution is -2.28. The van der Waals surface area contributed by atoms with Crippen molar-refractivity contribution in [1.29, 1.82) is 0 Å². The van der Waals surface area contributed by atoms with E-state index >= 15 is 0 Å². The van der Waals surface area contributed by atoms with Gasteiger partial charge in [-0.15, -0.1) is 0 Å². The van der Waals surface area contributed by atoms with Gasteiger partial charge in [-0.1, -0.05) is 13.0 Å². The molecule has 1 aliphatic rings. The second-order valence-corrected chi connectivity index (χ2v) is 5.45. The van der Waals surface area contributed by atoms with Crippen LogP contribution in [0.15, 0.2) is 18.2 Å². The maximum atomic E-state index is 11.9. The molecule has 0 amide bonds. The Bertz CT molecular complexity index is 500. The number of Topliss-reactive ketones (excluding diaryl/α,β-unsaturated/α-hetero) is 1. The second kappa shape index (κ2) is 4.56. The third kappa shape index (κ3) is 2.45. The van der Waals surface area contributed by atoms with Crippen molar-refractivity contribution in [2.24, 2.45) is 5.41 Å². The first-order valence-electron chi connectivity index (χ1n) is 6.28. The lowest BCUT2D eigenvalue weighted by molar-refractivity contribution is -0.144. The highest BCUT2D eigenvalue weighted by molar-refractivity contribution is 5.88. The van der Waals surface area contributed by atoms with Gasteiger partial charge in [-0.25, -0.2) is 0 Å². The van der Waals surface area contributed by atoms with E-state index in [9.17, 15) is 9.59 Å². The molecule has 0 heterocycles. The van der Waals surface area contributed by atoms with E-state index in [-0.39, 0.29) is 11.8 Å². The Balaban J connectivity index is 2.15. The fourth-order valence-electron chi connectivity index (χ4n) is 1.88. The molecule has 0 saturated heterocycles. The Kier molecular flexibility index (Phi) is 3.24. The van der Waals surface area contributed by atoms with E-state index in [0.717, 1.165) is 17.5 Å². The minimum absolute atomic E-state index is 0.224. The van der Waals surface area contributed by atoms with Crippen molar-refractivity contribution in [3.05, 3.63) is 29.3 Å². The van der Waals surface area contributed by atoms with Crippen molar-refractivity contribution in [2.45, 2.75) is 40.0 Å². The Morgan fingerprint density at radius 3 is 2.61 bits per heavy atom. The van der Waals surface area contributed by atoms with E-state index in [1.54, 1.807) is 6.07 Å². The molecule has 0 unspecified atom stereocenters. The topological polar surface area (TPSA) is 43.4 Å². The third-order valence-electron chi connectivity index (χ3n) is 3.60. The summed E-state index contributed by atoms with van der Waals surface area (Å²) in [5.41, 5.74) is 1.56. The van der Waals surface area contributed by atoms with Gasteiger partial charge >= 0.3 is 5.97 Å². The molecule has 2 rings (SSSR count). The van der Waals surface area contributed by atoms with Crippen molar-refractivity contribution in [3.63, 3.8) is 0 Å². The van der Waals surface area contributed by atoms with E-state index in [0.29, 0.717) is 18.6 Å². The highest BCUT2D eigenvalue weighted by atomic mass is 16.5. The van der Waals surface area contributed by atoms with Crippen LogP contribution in [0.1, 0.15) is 38.3 Å². The summed E-state index contributed by atoms with van der Waals surface area (Å²) in [6, 6.07) is 5.45. The van der Waals surface area contributed by atoms with Crippen LogP contribution in [0.4, 0.5) is 0 Å². The number of benzene rings is 1. The van der Waals surface area contributed by atoms with Crippen LogP contribution in [-0.4, -0.2) is 11.8 Å². The third-order valence-corrected chi connectivity index (χ3v) is 3.60. The summed E-state index contributed by atoms with van der Waals surface area (Å²) in [4.78, 5) is 23.3. The molecule has 0 spiro atoms. The highest BCUT2D eigenvalue weighted by Gasteiger charge is 2.28. The van der Waals surface area contributed by atoms with Gasteiger partial charge in [0.2, 0.25) is 0 Å². The van der Waals surface area contributed by atoms with E-state index in [2.05, 4.69) is 0 Å². The van der Waals surface area contributed by atoms with Gasteiger partial charge in [0.1, 0.15) is 11.5 Å². The Labute approximate surface area is 107 Å². The normalized spacial score (nSPS) is 14.5. The maximum absolute atomic E-state index is 11.9. The van der Waals surface area contributed by atoms with E-state index in [1.807, 2.05) is 32.9 Å². The van der Waals surface area contributed by atoms with E-state index < -0.39 is 5.41 Å². The van der Waals surface area contributed by atoms with Crippen molar-refractivity contribution in [3.8, 4) is 5.75 Å². The first-order chi connectivity index (χ1) is 8.42. The standard InChI is InChI=1S/C15H18O3/c1-4-15(2,3)14(17)18-13-6-5-10-7-12(16)8-11(10)9-13/h5-6,9H,4,7-8H2,1-3H3. The van der Waals surface area contributed by atoms with Crippen LogP contribution in [0, 0.1) is 5.41 Å². The van der Waals surface area contributed by atoms with Crippen molar-refractivity contribution < 1.29 is 14.3 Å². The predicted octanol–water partition coefficient (Wildman–Crippen LogP) is 2.70. The molecule has 0 aromatic heterocycles. The lowest BCUT2D eigenvalue weighted by Gasteiger charge is -2.20. The summed E-state index contributed by atoms with van der Waals surface area (Å²) < 4.78 is 5.38. The van der Waals surface area contributed by atoms with Gasteiger partial charge in [0.25, 0.3) is 0 Å². The number of ether oxygens (including phenoxy) is 1. The van der Waals surface area contributed by atoms with Crippen LogP contribution in [0.5, 0.6) is 5.75 Å². The zero-order valence-corrected chi connectivity index (χ0v) is 11.1. The lowest BCUT2D eigenvalue weighted by atomic mass is 9.91. The molecule has 0 fully saturated rings. The SMILES string of the molecule is CCC(C)(C)C(=O)Oc1ccc2c(c1)CC(=O)C2. The summed E-state index contributed by atoms with van der Waals surface area (Å²) in [6.45, 7) is 5.70. The molecule has 1 aliphatic carbocycles. The van der Waals surface area contributed by atoms with Crippen molar-refractivity contribution >= 4 is 11.8 Å². The number of carbonyl (C=O) groups excluding carboxylic acids is 2. The van der Waals surface area contributed by atoms with Crippen LogP contribution >= 0.6 is 0 Å². The second-order valence-electron chi connectivity index (χ2n) is 5.45. The molecule has 0 aliphatic heterocycles. The van der Waals surface area contributed by atoms with Crippen molar-refractivity contribution in [2.75, 3.05) is 0 Å². The Morgan fingerprint density at radius 1 is 1.28 bits per heavy atom. The predicted molar refractivity (Wildman–Crippen MR) is 68.6 cm³/mol. The van der Waals surface area contributed by atoms with Crippen LogP contribution < -0.4 is 4.74 Å². The van der Waals surface area contributed by atoms with Crippen LogP contribution in [-0.2, 0) is 22.4 Å². The summed E-state index contributed by atoms with van der Waals surface area (Å²) in [5, 5.41) is 0. The quantitative estimate of drug-likeness (QED) is 0.608. The van der Waals surface area contributed by atoms with Crippen molar-refractivity contribution in [1.82, 2.24) is 0 Å². The summed E-state index contributed by atoms with van der Waals surface area (Å²) >= 11 is 0. The molecule has 3 nitrogen and oxygen atoms in total. The molecule has 96 valence electrons. The molecule has 3 heteroatoms. The molecule has 0 radical (unpaired) electrons. The maximum Gasteiger partial charge on any atom is 0.316 e. The fraction of sp³-hybridized carbons (Fsp3) is 0.467. The smallest absolute Gasteiger partial charge is 0.316 e. The number of fused-ring (bicyclic) bond motifs is 1. The minimum atomic E-state index is -0.477. The van der Waals surface area contributed by atoms with Gasteiger partial charge in [-0.05, 0) is 43.5 Å². The molecular formula is C15H18O3. The number of rotatable bonds is 3. The Hall–Kier alpha value is -1.64. The van der Waals surface area contributed by atoms with Gasteiger partial charge in [-0.2, -0.15) is 0 Å². The highest BCUT2D eigenvalue weighted by Crippen LogP contribution is 2.27. The van der Waals surface area contributed by atoms with Gasteiger partial charge < -0.3 is 4.74 Å². The van der Waals surface area contributed by atoms with Gasteiger partial charge in [0.05, 0.1) is 5.41 Å². The summed E-state index contributed by atoms with van der Waals surface area (Å²) in [7, 11) is 0. The average molecular weight is 246 g/mol. The van der Waals surface area contributed by atoms with Gasteiger partial charge in [-0.3, -0.25) is 9.59 Å². The number of hydrogen-bond donors (Lipinski definition) is 0. The number of ketones is 1. The van der Waals surface area contributed by atoms with Crippen LogP contribution in [0.2, 0.25) is 0 Å². The zero-order chi connectivity index (χ0) is 13.3. The molecule has 18 heavy (non-hydrogen) atoms. The zero-order valence-electron chi connectivity index (χ0n) is 11.1. The Morgan fingerprint density at radius 2 is 1.94 bits per heavy atom. The number of hydrogen-bond acceptors (Lipinski definition) is 3. The van der Waals surface area contributed by atoms with Crippen LogP contribution in [0.25, 0.3) is 0 Å². The number of esters is 1. The summed E-state index contributed by atoms with van der Waals surface area (Å²) in [6.07, 6.45) is 1.69. The van der Waals surface area contributed by atoms with E-state index in [1.165, 1.54) is 0 Å². The monoisotopic (exact) mass is 246 g/mol. The average Bonchev–Trinajstić information content (AvgIpc) is 2.68.